The van der Waals surface area contributed by atoms with Gasteiger partial charge in [-0.1, -0.05) is 12.1 Å². The third-order valence-electron chi connectivity index (χ3n) is 4.12. The highest BCUT2D eigenvalue weighted by atomic mass is 32.1. The summed E-state index contributed by atoms with van der Waals surface area (Å²) in [6.45, 7) is 7.47. The maximum Gasteiger partial charge on any atom is 0.238 e. The average molecular weight is 329 g/mol. The predicted octanol–water partition coefficient (Wildman–Crippen LogP) is 2.81. The lowest BCUT2D eigenvalue weighted by Crippen LogP contribution is -2.48. The fourth-order valence-corrected chi connectivity index (χ4v) is 3.53. The summed E-state index contributed by atoms with van der Waals surface area (Å²) in [6, 6.07) is 10.1. The van der Waals surface area contributed by atoms with Crippen LogP contribution in [0, 0.1) is 6.92 Å². The molecule has 1 N–H and O–H groups in total. The number of carbonyl (C=O) groups excluding carboxylic acids is 1. The Hall–Kier alpha value is -1.69. The first-order valence-corrected chi connectivity index (χ1v) is 8.95. The van der Waals surface area contributed by atoms with Crippen LogP contribution in [-0.4, -0.2) is 48.4 Å². The lowest BCUT2D eigenvalue weighted by atomic mass is 10.2. The van der Waals surface area contributed by atoms with Gasteiger partial charge in [0.1, 0.15) is 0 Å². The summed E-state index contributed by atoms with van der Waals surface area (Å²) in [4.78, 5) is 16.9. The van der Waals surface area contributed by atoms with Crippen molar-refractivity contribution >= 4 is 22.9 Å². The Kier molecular flexibility index (Phi) is 5.43. The van der Waals surface area contributed by atoms with Gasteiger partial charge in [0.15, 0.2) is 0 Å². The smallest absolute Gasteiger partial charge is 0.238 e. The van der Waals surface area contributed by atoms with Crippen molar-refractivity contribution in [2.45, 2.75) is 13.5 Å². The number of aryl methyl sites for hydroxylation is 1. The molecular weight excluding hydrogens is 306 g/mol. The molecule has 0 saturated carbocycles. The number of hydrogen-bond donors (Lipinski definition) is 1. The quantitative estimate of drug-likeness (QED) is 0.916. The normalized spacial score (nSPS) is 16.4. The van der Waals surface area contributed by atoms with Gasteiger partial charge in [-0.15, -0.1) is 0 Å². The molecule has 1 fully saturated rings. The first kappa shape index (κ1) is 16.2. The number of amides is 1. The summed E-state index contributed by atoms with van der Waals surface area (Å²) in [5, 5.41) is 7.32. The van der Waals surface area contributed by atoms with Crippen molar-refractivity contribution in [1.29, 1.82) is 0 Å². The van der Waals surface area contributed by atoms with Gasteiger partial charge in [0, 0.05) is 38.4 Å². The predicted molar refractivity (Wildman–Crippen MR) is 95.8 cm³/mol. The molecule has 2 aromatic rings. The zero-order valence-corrected chi connectivity index (χ0v) is 14.3. The van der Waals surface area contributed by atoms with E-state index in [-0.39, 0.29) is 5.91 Å². The Bertz CT molecular complexity index is 633. The average Bonchev–Trinajstić information content (AvgIpc) is 3.02. The SMILES string of the molecule is Cc1cccc(NC(=O)CN2CCN(Cc3ccsc3)CC2)c1. The van der Waals surface area contributed by atoms with Crippen molar-refractivity contribution in [3.05, 3.63) is 52.2 Å². The molecule has 0 radical (unpaired) electrons. The molecule has 1 saturated heterocycles. The topological polar surface area (TPSA) is 35.6 Å². The molecule has 2 heterocycles. The number of nitrogens with one attached hydrogen (secondary N) is 1. The number of benzene rings is 1. The Labute approximate surface area is 141 Å². The summed E-state index contributed by atoms with van der Waals surface area (Å²) in [5.74, 6) is 0.0712. The van der Waals surface area contributed by atoms with Crippen molar-refractivity contribution in [3.8, 4) is 0 Å². The third kappa shape index (κ3) is 4.89. The Balaban J connectivity index is 1.42. The minimum absolute atomic E-state index is 0.0712. The van der Waals surface area contributed by atoms with Crippen molar-refractivity contribution in [3.63, 3.8) is 0 Å². The van der Waals surface area contributed by atoms with Crippen molar-refractivity contribution in [2.24, 2.45) is 0 Å². The second-order valence-electron chi connectivity index (χ2n) is 6.10. The number of carbonyl (C=O) groups is 1. The summed E-state index contributed by atoms with van der Waals surface area (Å²) in [7, 11) is 0. The van der Waals surface area contributed by atoms with Crippen LogP contribution in [0.1, 0.15) is 11.1 Å². The van der Waals surface area contributed by atoms with Gasteiger partial charge in [0.05, 0.1) is 6.54 Å². The van der Waals surface area contributed by atoms with Crippen LogP contribution in [0.2, 0.25) is 0 Å². The molecule has 23 heavy (non-hydrogen) atoms. The van der Waals surface area contributed by atoms with E-state index in [0.29, 0.717) is 6.54 Å². The Morgan fingerprint density at radius 3 is 2.65 bits per heavy atom. The Morgan fingerprint density at radius 1 is 1.17 bits per heavy atom. The molecule has 1 aliphatic heterocycles. The summed E-state index contributed by atoms with van der Waals surface area (Å²) >= 11 is 1.75. The van der Waals surface area contributed by atoms with E-state index in [1.807, 2.05) is 31.2 Å². The van der Waals surface area contributed by atoms with Gasteiger partial charge in [0.2, 0.25) is 5.91 Å². The lowest BCUT2D eigenvalue weighted by molar-refractivity contribution is -0.117. The number of nitrogens with zero attached hydrogens (tertiary/aromatic N) is 2. The van der Waals surface area contributed by atoms with Crippen LogP contribution in [0.4, 0.5) is 5.69 Å². The van der Waals surface area contributed by atoms with E-state index < -0.39 is 0 Å². The van der Waals surface area contributed by atoms with Crippen LogP contribution in [-0.2, 0) is 11.3 Å². The molecule has 0 atom stereocenters. The summed E-state index contributed by atoms with van der Waals surface area (Å²) < 4.78 is 0. The van der Waals surface area contributed by atoms with E-state index in [4.69, 9.17) is 0 Å². The standard InChI is InChI=1S/C18H23N3OS/c1-15-3-2-4-17(11-15)19-18(22)13-21-8-6-20(7-9-21)12-16-5-10-23-14-16/h2-5,10-11,14H,6-9,12-13H2,1H3,(H,19,22). The molecule has 3 rings (SSSR count). The molecule has 1 aromatic heterocycles. The van der Waals surface area contributed by atoms with Gasteiger partial charge < -0.3 is 5.32 Å². The van der Waals surface area contributed by atoms with Gasteiger partial charge >= 0.3 is 0 Å². The van der Waals surface area contributed by atoms with Crippen LogP contribution < -0.4 is 5.32 Å². The molecule has 4 nitrogen and oxygen atoms in total. The fraction of sp³-hybridized carbons (Fsp3) is 0.389. The fourth-order valence-electron chi connectivity index (χ4n) is 2.87. The molecular formula is C18H23N3OS. The number of piperazine rings is 1. The molecule has 1 aliphatic rings. The third-order valence-corrected chi connectivity index (χ3v) is 4.85. The van der Waals surface area contributed by atoms with Gasteiger partial charge in [-0.3, -0.25) is 14.6 Å². The summed E-state index contributed by atoms with van der Waals surface area (Å²) in [6.07, 6.45) is 0. The zero-order chi connectivity index (χ0) is 16.1. The van der Waals surface area contributed by atoms with Crippen molar-refractivity contribution in [1.82, 2.24) is 9.80 Å². The minimum atomic E-state index is 0.0712. The molecule has 1 amide bonds. The van der Waals surface area contributed by atoms with E-state index in [1.54, 1.807) is 11.3 Å². The minimum Gasteiger partial charge on any atom is -0.325 e. The van der Waals surface area contributed by atoms with Crippen molar-refractivity contribution in [2.75, 3.05) is 38.0 Å². The molecule has 0 unspecified atom stereocenters. The van der Waals surface area contributed by atoms with Crippen LogP contribution in [0.5, 0.6) is 0 Å². The van der Waals surface area contributed by atoms with Gasteiger partial charge in [0.25, 0.3) is 0 Å². The van der Waals surface area contributed by atoms with E-state index in [1.165, 1.54) is 5.56 Å². The highest BCUT2D eigenvalue weighted by molar-refractivity contribution is 7.07. The molecule has 1 aromatic carbocycles. The number of hydrogen-bond acceptors (Lipinski definition) is 4. The van der Waals surface area contributed by atoms with Crippen LogP contribution in [0.15, 0.2) is 41.1 Å². The highest BCUT2D eigenvalue weighted by Gasteiger charge is 2.19. The van der Waals surface area contributed by atoms with Crippen LogP contribution in [0.3, 0.4) is 0 Å². The maximum atomic E-state index is 12.2. The number of thiophene rings is 1. The van der Waals surface area contributed by atoms with Crippen molar-refractivity contribution < 1.29 is 4.79 Å². The van der Waals surface area contributed by atoms with Crippen LogP contribution >= 0.6 is 11.3 Å². The van der Waals surface area contributed by atoms with Gasteiger partial charge in [-0.25, -0.2) is 0 Å². The second-order valence-corrected chi connectivity index (χ2v) is 6.88. The molecule has 122 valence electrons. The summed E-state index contributed by atoms with van der Waals surface area (Å²) in [5.41, 5.74) is 3.43. The highest BCUT2D eigenvalue weighted by Crippen LogP contribution is 2.12. The number of anilines is 1. The van der Waals surface area contributed by atoms with Crippen LogP contribution in [0.25, 0.3) is 0 Å². The molecule has 0 bridgehead atoms. The first-order chi connectivity index (χ1) is 11.2. The second kappa shape index (κ2) is 7.73. The lowest BCUT2D eigenvalue weighted by Gasteiger charge is -2.34. The molecule has 5 heteroatoms. The van der Waals surface area contributed by atoms with E-state index in [0.717, 1.165) is 44.0 Å². The first-order valence-electron chi connectivity index (χ1n) is 8.01. The van der Waals surface area contributed by atoms with Gasteiger partial charge in [-0.05, 0) is 47.0 Å². The number of rotatable bonds is 5. The molecule has 0 spiro atoms. The van der Waals surface area contributed by atoms with E-state index in [2.05, 4.69) is 31.9 Å². The largest absolute Gasteiger partial charge is 0.325 e. The van der Waals surface area contributed by atoms with E-state index in [9.17, 15) is 4.79 Å². The van der Waals surface area contributed by atoms with E-state index >= 15 is 0 Å². The van der Waals surface area contributed by atoms with Gasteiger partial charge in [-0.2, -0.15) is 11.3 Å². The molecule has 0 aliphatic carbocycles. The Morgan fingerprint density at radius 2 is 1.96 bits per heavy atom. The maximum absolute atomic E-state index is 12.2. The zero-order valence-electron chi connectivity index (χ0n) is 13.5. The monoisotopic (exact) mass is 329 g/mol.